The molecule has 0 aliphatic carbocycles. The summed E-state index contributed by atoms with van der Waals surface area (Å²) in [4.78, 5) is 1.84. The predicted molar refractivity (Wildman–Crippen MR) is 85.0 cm³/mol. The van der Waals surface area contributed by atoms with Gasteiger partial charge in [-0.05, 0) is 24.3 Å². The van der Waals surface area contributed by atoms with E-state index in [0.717, 1.165) is 22.6 Å². The Hall–Kier alpha value is -2.52. The van der Waals surface area contributed by atoms with Crippen molar-refractivity contribution in [2.24, 2.45) is 0 Å². The first-order valence-corrected chi connectivity index (χ1v) is 6.84. The summed E-state index contributed by atoms with van der Waals surface area (Å²) in [6.45, 7) is 0. The van der Waals surface area contributed by atoms with Crippen LogP contribution in [0.4, 0.5) is 5.69 Å². The fourth-order valence-corrected chi connectivity index (χ4v) is 2.42. The minimum absolute atomic E-state index is 0.661. The highest BCUT2D eigenvalue weighted by atomic mass is 16.5. The maximum Gasteiger partial charge on any atom is 0.150 e. The van der Waals surface area contributed by atoms with Gasteiger partial charge in [-0.3, -0.25) is 0 Å². The molecule has 3 nitrogen and oxygen atoms in total. The van der Waals surface area contributed by atoms with Crippen LogP contribution in [0.25, 0.3) is 5.57 Å². The summed E-state index contributed by atoms with van der Waals surface area (Å²) in [6, 6.07) is 17.7. The molecule has 0 aromatic heterocycles. The number of benzene rings is 2. The lowest BCUT2D eigenvalue weighted by Gasteiger charge is -2.28. The fraction of sp³-hybridized carbons (Fsp3) is 0.111. The van der Waals surface area contributed by atoms with Crippen molar-refractivity contribution in [2.45, 2.75) is 6.23 Å². The number of methoxy groups -OCH3 is 1. The zero-order chi connectivity index (χ0) is 14.7. The van der Waals surface area contributed by atoms with Crippen LogP contribution < -0.4 is 9.64 Å². The summed E-state index contributed by atoms with van der Waals surface area (Å²) in [5.41, 5.74) is 2.95. The second kappa shape index (κ2) is 5.85. The molecule has 1 aliphatic heterocycles. The van der Waals surface area contributed by atoms with Crippen molar-refractivity contribution in [3.05, 3.63) is 78.5 Å². The SMILES string of the molecule is COc1ccccc1C1=CN(c2ccccc2)C(O)C=C1. The molecule has 3 heteroatoms. The first-order chi connectivity index (χ1) is 10.3. The van der Waals surface area contributed by atoms with E-state index in [2.05, 4.69) is 0 Å². The van der Waals surface area contributed by atoms with Gasteiger partial charge in [0.25, 0.3) is 0 Å². The van der Waals surface area contributed by atoms with E-state index < -0.39 is 6.23 Å². The van der Waals surface area contributed by atoms with Crippen molar-refractivity contribution >= 4 is 11.3 Å². The molecule has 2 aromatic rings. The summed E-state index contributed by atoms with van der Waals surface area (Å²) < 4.78 is 5.41. The first kappa shape index (κ1) is 13.5. The van der Waals surface area contributed by atoms with Gasteiger partial charge < -0.3 is 14.7 Å². The molecule has 3 rings (SSSR count). The average Bonchev–Trinajstić information content (AvgIpc) is 2.56. The van der Waals surface area contributed by atoms with Gasteiger partial charge in [0, 0.05) is 23.0 Å². The molecular weight excluding hydrogens is 262 g/mol. The number of allylic oxidation sites excluding steroid dienone is 2. The third kappa shape index (κ3) is 2.69. The molecular formula is C18H17NO2. The highest BCUT2D eigenvalue weighted by molar-refractivity contribution is 5.81. The minimum Gasteiger partial charge on any atom is -0.496 e. The van der Waals surface area contributed by atoms with Gasteiger partial charge in [0.05, 0.1) is 7.11 Å². The second-order valence-corrected chi connectivity index (χ2v) is 4.80. The van der Waals surface area contributed by atoms with Crippen molar-refractivity contribution in [1.82, 2.24) is 0 Å². The molecule has 0 amide bonds. The lowest BCUT2D eigenvalue weighted by atomic mass is 10.0. The highest BCUT2D eigenvalue weighted by Crippen LogP contribution is 2.31. The Kier molecular flexibility index (Phi) is 3.75. The fourth-order valence-electron chi connectivity index (χ4n) is 2.42. The normalized spacial score (nSPS) is 17.5. The quantitative estimate of drug-likeness (QED) is 0.934. The van der Waals surface area contributed by atoms with Crippen LogP contribution in [0.1, 0.15) is 5.56 Å². The maximum absolute atomic E-state index is 10.2. The number of hydrogen-bond donors (Lipinski definition) is 1. The number of anilines is 1. The topological polar surface area (TPSA) is 32.7 Å². The number of ether oxygens (including phenoxy) is 1. The smallest absolute Gasteiger partial charge is 0.150 e. The standard InChI is InChI=1S/C18H17NO2/c1-21-17-10-6-5-9-16(17)14-11-12-18(20)19(13-14)15-7-3-2-4-8-15/h2-13,18,20H,1H3. The molecule has 106 valence electrons. The molecule has 0 saturated heterocycles. The van der Waals surface area contributed by atoms with Gasteiger partial charge in [-0.25, -0.2) is 0 Å². The molecule has 2 aromatic carbocycles. The molecule has 1 atom stereocenters. The Bertz CT molecular complexity index is 677. The number of hydrogen-bond acceptors (Lipinski definition) is 3. The average molecular weight is 279 g/mol. The van der Waals surface area contributed by atoms with Crippen LogP contribution in [0.15, 0.2) is 72.9 Å². The number of aliphatic hydroxyl groups is 1. The number of nitrogens with zero attached hydrogens (tertiary/aromatic N) is 1. The summed E-state index contributed by atoms with van der Waals surface area (Å²) in [5.74, 6) is 0.817. The molecule has 1 unspecified atom stereocenters. The van der Waals surface area contributed by atoms with Crippen molar-refractivity contribution < 1.29 is 9.84 Å². The van der Waals surface area contributed by atoms with Gasteiger partial charge in [0.2, 0.25) is 0 Å². The summed E-state index contributed by atoms with van der Waals surface area (Å²) in [6.07, 6.45) is 4.97. The second-order valence-electron chi connectivity index (χ2n) is 4.80. The molecule has 1 heterocycles. The molecule has 21 heavy (non-hydrogen) atoms. The van der Waals surface area contributed by atoms with Crippen molar-refractivity contribution in [3.63, 3.8) is 0 Å². The van der Waals surface area contributed by atoms with Gasteiger partial charge in [0.15, 0.2) is 0 Å². The largest absolute Gasteiger partial charge is 0.496 e. The van der Waals surface area contributed by atoms with Crippen LogP contribution >= 0.6 is 0 Å². The van der Waals surface area contributed by atoms with E-state index in [4.69, 9.17) is 4.74 Å². The molecule has 0 saturated carbocycles. The summed E-state index contributed by atoms with van der Waals surface area (Å²) in [7, 11) is 1.66. The van der Waals surface area contributed by atoms with Crippen molar-refractivity contribution in [2.75, 3.05) is 12.0 Å². The van der Waals surface area contributed by atoms with Crippen molar-refractivity contribution in [1.29, 1.82) is 0 Å². The third-order valence-corrected chi connectivity index (χ3v) is 3.48. The van der Waals surface area contributed by atoms with E-state index in [1.54, 1.807) is 13.2 Å². The van der Waals surface area contributed by atoms with Crippen molar-refractivity contribution in [3.8, 4) is 5.75 Å². The third-order valence-electron chi connectivity index (χ3n) is 3.48. The van der Waals surface area contributed by atoms with Gasteiger partial charge >= 0.3 is 0 Å². The first-order valence-electron chi connectivity index (χ1n) is 6.84. The van der Waals surface area contributed by atoms with E-state index in [0.29, 0.717) is 0 Å². The van der Waals surface area contributed by atoms with E-state index >= 15 is 0 Å². The van der Waals surface area contributed by atoms with Crippen LogP contribution in [0.5, 0.6) is 5.75 Å². The lowest BCUT2D eigenvalue weighted by molar-refractivity contribution is 0.227. The van der Waals surface area contributed by atoms with Crippen LogP contribution in [0.2, 0.25) is 0 Å². The van der Waals surface area contributed by atoms with Crippen LogP contribution in [0, 0.1) is 0 Å². The minimum atomic E-state index is -0.661. The number of aliphatic hydroxyl groups excluding tert-OH is 1. The maximum atomic E-state index is 10.2. The van der Waals surface area contributed by atoms with E-state index in [1.807, 2.05) is 71.8 Å². The summed E-state index contributed by atoms with van der Waals surface area (Å²) in [5, 5.41) is 10.2. The Morgan fingerprint density at radius 1 is 1.00 bits per heavy atom. The lowest BCUT2D eigenvalue weighted by Crippen LogP contribution is -2.30. The molecule has 1 N–H and O–H groups in total. The van der Waals surface area contributed by atoms with Crippen LogP contribution in [-0.2, 0) is 0 Å². The Labute approximate surface area is 124 Å². The van der Waals surface area contributed by atoms with E-state index in [-0.39, 0.29) is 0 Å². The zero-order valence-corrected chi connectivity index (χ0v) is 11.8. The Morgan fingerprint density at radius 3 is 2.48 bits per heavy atom. The van der Waals surface area contributed by atoms with Crippen LogP contribution in [0.3, 0.4) is 0 Å². The molecule has 0 fully saturated rings. The van der Waals surface area contributed by atoms with Crippen LogP contribution in [-0.4, -0.2) is 18.4 Å². The monoisotopic (exact) mass is 279 g/mol. The van der Waals surface area contributed by atoms with E-state index in [9.17, 15) is 5.11 Å². The Balaban J connectivity index is 2.01. The molecule has 0 radical (unpaired) electrons. The van der Waals surface area contributed by atoms with Gasteiger partial charge in [0.1, 0.15) is 12.0 Å². The Morgan fingerprint density at radius 2 is 1.71 bits per heavy atom. The molecule has 0 spiro atoms. The summed E-state index contributed by atoms with van der Waals surface area (Å²) >= 11 is 0. The molecule has 1 aliphatic rings. The van der Waals surface area contributed by atoms with Gasteiger partial charge in [-0.2, -0.15) is 0 Å². The van der Waals surface area contributed by atoms with Gasteiger partial charge in [-0.15, -0.1) is 0 Å². The zero-order valence-electron chi connectivity index (χ0n) is 11.8. The number of para-hydroxylation sites is 2. The van der Waals surface area contributed by atoms with E-state index in [1.165, 1.54) is 0 Å². The van der Waals surface area contributed by atoms with Gasteiger partial charge in [-0.1, -0.05) is 42.5 Å². The predicted octanol–water partition coefficient (Wildman–Crippen LogP) is 3.43. The number of rotatable bonds is 3. The highest BCUT2D eigenvalue weighted by Gasteiger charge is 2.18. The molecule has 0 bridgehead atoms.